The van der Waals surface area contributed by atoms with Crippen molar-refractivity contribution in [3.05, 3.63) is 207 Å². The van der Waals surface area contributed by atoms with Crippen molar-refractivity contribution in [1.82, 2.24) is 0 Å². The van der Waals surface area contributed by atoms with E-state index in [0.717, 1.165) is 49.8 Å². The Hall–Kier alpha value is -6.82. The quantitative estimate of drug-likeness (QED) is 0.160. The number of aryl methyl sites for hydroxylation is 3. The Balaban J connectivity index is 1.11. The number of benzene rings is 8. The standard InChI is InChI=1S/C79H83BN2OS/c1-47-22-15-18-25-62(47)81(63-26-19-16-23-48(63)2)51-40-50-30-32-52(49-31-33-55-56(41-49)75(5,6)35-34-74(55,3)4)70-54-43-57-60(79(13,14)39-36-76(57,7)8)46-67(54)83-73(70)80-61-44-58-59(78(11,12)38-37-77(58,9)10)45-65(61)82(66(42-51)72(50)80)64-27-21-29-69-71(64)53-24-17-20-28-68(53)84-69/h15-29,31,33,40-46,52H,30,32,34-39H2,1-14H3. The van der Waals surface area contributed by atoms with Crippen molar-refractivity contribution >= 4 is 99.9 Å². The van der Waals surface area contributed by atoms with E-state index in [2.05, 4.69) is 252 Å². The van der Waals surface area contributed by atoms with Crippen LogP contribution in [0.3, 0.4) is 0 Å². The second-order valence-electron chi connectivity index (χ2n) is 30.4. The lowest BCUT2D eigenvalue weighted by Crippen LogP contribution is -2.60. The fourth-order valence-corrected chi connectivity index (χ4v) is 17.9. The first-order chi connectivity index (χ1) is 39.9. The number of nitrogens with zero attached hydrogens (tertiary/aromatic N) is 2. The summed E-state index contributed by atoms with van der Waals surface area (Å²) in [6.45, 7) is 34.3. The normalized spacial score (nSPS) is 20.0. The van der Waals surface area contributed by atoms with Gasteiger partial charge >= 0.3 is 0 Å². The molecule has 1 atom stereocenters. The molecule has 0 saturated carbocycles. The zero-order valence-corrected chi connectivity index (χ0v) is 53.2. The summed E-state index contributed by atoms with van der Waals surface area (Å²) in [4.78, 5) is 5.33. The first-order valence-corrected chi connectivity index (χ1v) is 32.5. The van der Waals surface area contributed by atoms with Crippen LogP contribution in [-0.4, -0.2) is 6.71 Å². The van der Waals surface area contributed by atoms with Crippen LogP contribution < -0.4 is 26.4 Å². The van der Waals surface area contributed by atoms with Crippen LogP contribution in [0.25, 0.3) is 31.1 Å². The topological polar surface area (TPSA) is 19.6 Å². The minimum absolute atomic E-state index is 0.0227. The van der Waals surface area contributed by atoms with Gasteiger partial charge in [-0.25, -0.2) is 0 Å². The largest absolute Gasteiger partial charge is 0.470 e. The molecule has 0 amide bonds. The average molecular weight is 1120 g/mol. The zero-order chi connectivity index (χ0) is 58.4. The lowest BCUT2D eigenvalue weighted by atomic mass is 9.34. The van der Waals surface area contributed by atoms with Crippen molar-refractivity contribution in [2.45, 2.75) is 187 Å². The maximum absolute atomic E-state index is 8.11. The Labute approximate surface area is 504 Å². The first-order valence-electron chi connectivity index (χ1n) is 31.7. The van der Waals surface area contributed by atoms with Crippen molar-refractivity contribution in [2.75, 3.05) is 9.80 Å². The van der Waals surface area contributed by atoms with Gasteiger partial charge in [0, 0.05) is 59.9 Å². The lowest BCUT2D eigenvalue weighted by Gasteiger charge is -2.46. The molecule has 1 unspecified atom stereocenters. The molecule has 84 heavy (non-hydrogen) atoms. The molecule has 2 aromatic heterocycles. The highest BCUT2D eigenvalue weighted by Gasteiger charge is 2.49. The minimum atomic E-state index is -0.193. The van der Waals surface area contributed by atoms with Crippen molar-refractivity contribution in [3.8, 4) is 0 Å². The predicted molar refractivity (Wildman–Crippen MR) is 362 cm³/mol. The third kappa shape index (κ3) is 8.02. The highest BCUT2D eigenvalue weighted by Crippen LogP contribution is 2.55. The van der Waals surface area contributed by atoms with Gasteiger partial charge in [0.15, 0.2) is 0 Å². The minimum Gasteiger partial charge on any atom is -0.470 e. The Morgan fingerprint density at radius 3 is 1.68 bits per heavy atom. The van der Waals surface area contributed by atoms with Gasteiger partial charge in [-0.2, -0.15) is 0 Å². The van der Waals surface area contributed by atoms with E-state index in [1.165, 1.54) is 145 Å². The van der Waals surface area contributed by atoms with Crippen LogP contribution in [0.15, 0.2) is 150 Å². The number of hydrogen-bond donors (Lipinski definition) is 0. The van der Waals surface area contributed by atoms with Gasteiger partial charge in [-0.05, 0) is 230 Å². The predicted octanol–water partition coefficient (Wildman–Crippen LogP) is 20.3. The van der Waals surface area contributed by atoms with Crippen LogP contribution in [0.5, 0.6) is 0 Å². The van der Waals surface area contributed by atoms with Crippen LogP contribution in [0.4, 0.5) is 34.1 Å². The van der Waals surface area contributed by atoms with Gasteiger partial charge < -0.3 is 14.2 Å². The van der Waals surface area contributed by atoms with Gasteiger partial charge in [0.1, 0.15) is 5.58 Å². The third-order valence-electron chi connectivity index (χ3n) is 22.2. The van der Waals surface area contributed by atoms with Gasteiger partial charge in [0.2, 0.25) is 0 Å². The Morgan fingerprint density at radius 2 is 1.04 bits per heavy atom. The van der Waals surface area contributed by atoms with E-state index >= 15 is 0 Å². The number of thiophene rings is 1. The summed E-state index contributed by atoms with van der Waals surface area (Å²) in [7, 11) is 0. The van der Waals surface area contributed by atoms with E-state index in [0.29, 0.717) is 0 Å². The van der Waals surface area contributed by atoms with Crippen molar-refractivity contribution < 1.29 is 4.42 Å². The summed E-state index contributed by atoms with van der Waals surface area (Å²) in [5.41, 5.74) is 28.0. The molecular formula is C79H83BN2OS. The number of fused-ring (bicyclic) bond motifs is 12. The summed E-state index contributed by atoms with van der Waals surface area (Å²) < 4.78 is 10.7. The summed E-state index contributed by atoms with van der Waals surface area (Å²) in [6.07, 6.45) is 8.79. The number of rotatable bonds is 5. The smallest absolute Gasteiger partial charge is 0.292 e. The summed E-state index contributed by atoms with van der Waals surface area (Å²) >= 11 is 1.92. The molecule has 10 aromatic rings. The van der Waals surface area contributed by atoms with E-state index in [1.54, 1.807) is 0 Å². The summed E-state index contributed by atoms with van der Waals surface area (Å²) in [5.74, 6) is 0.0784. The van der Waals surface area contributed by atoms with Gasteiger partial charge in [0.25, 0.3) is 6.71 Å². The Morgan fingerprint density at radius 1 is 0.488 bits per heavy atom. The highest BCUT2D eigenvalue weighted by atomic mass is 32.1. The molecule has 5 heteroatoms. The molecule has 0 N–H and O–H groups in total. The maximum atomic E-state index is 8.11. The molecule has 15 rings (SSSR count). The van der Waals surface area contributed by atoms with Crippen LogP contribution in [0.1, 0.15) is 195 Å². The SMILES string of the molecule is Cc1ccccc1N(c1cc2c3c(c1)N(c1cccc4sc5ccccc5c14)c1cc4c(cc1B3c1oc3cc5c(cc3c1C(c1ccc3c(c1)C(C)(C)CCC3(C)C)CC2)C(C)(C)CCC5(C)C)C(C)(C)CCC4(C)C)c1ccccc1C. The molecule has 3 aliphatic carbocycles. The molecule has 424 valence electrons. The Bertz CT molecular complexity index is 4360. The fourth-order valence-electron chi connectivity index (χ4n) is 16.7. The van der Waals surface area contributed by atoms with Gasteiger partial charge in [0.05, 0.1) is 11.3 Å². The number of hydrogen-bond acceptors (Lipinski definition) is 4. The van der Waals surface area contributed by atoms with E-state index in [-0.39, 0.29) is 45.1 Å². The average Bonchev–Trinajstić information content (AvgIpc) is 1.61. The molecule has 0 radical (unpaired) electrons. The second kappa shape index (κ2) is 18.4. The van der Waals surface area contributed by atoms with Gasteiger partial charge in [-0.3, -0.25) is 0 Å². The number of anilines is 6. The van der Waals surface area contributed by atoms with Crippen LogP contribution in [0, 0.1) is 13.8 Å². The molecule has 8 aromatic carbocycles. The summed E-state index contributed by atoms with van der Waals surface area (Å²) in [6, 6.07) is 57.8. The maximum Gasteiger partial charge on any atom is 0.292 e. The zero-order valence-electron chi connectivity index (χ0n) is 52.4. The lowest BCUT2D eigenvalue weighted by molar-refractivity contribution is 0.331. The van der Waals surface area contributed by atoms with Gasteiger partial charge in [-0.1, -0.05) is 168 Å². The summed E-state index contributed by atoms with van der Waals surface area (Å²) in [5, 5.41) is 3.94. The van der Waals surface area contributed by atoms with Crippen molar-refractivity contribution in [1.29, 1.82) is 0 Å². The molecule has 5 aliphatic rings. The van der Waals surface area contributed by atoms with Crippen LogP contribution in [0.2, 0.25) is 0 Å². The fraction of sp³-hybridized carbons (Fsp3) is 0.367. The van der Waals surface area contributed by atoms with Gasteiger partial charge in [-0.15, -0.1) is 11.3 Å². The van der Waals surface area contributed by atoms with Crippen LogP contribution in [-0.2, 0) is 38.9 Å². The monoisotopic (exact) mass is 1120 g/mol. The molecule has 4 heterocycles. The first kappa shape index (κ1) is 53.9. The second-order valence-corrected chi connectivity index (χ2v) is 31.5. The molecule has 0 saturated heterocycles. The molecule has 0 fully saturated rings. The number of para-hydroxylation sites is 2. The van der Waals surface area contributed by atoms with E-state index in [9.17, 15) is 0 Å². The molecule has 2 aliphatic heterocycles. The Kier molecular flexibility index (Phi) is 11.8. The van der Waals surface area contributed by atoms with Crippen molar-refractivity contribution in [2.24, 2.45) is 0 Å². The molecule has 3 nitrogen and oxygen atoms in total. The van der Waals surface area contributed by atoms with E-state index < -0.39 is 0 Å². The molecule has 0 bridgehead atoms. The van der Waals surface area contributed by atoms with Crippen molar-refractivity contribution in [3.63, 3.8) is 0 Å². The third-order valence-corrected chi connectivity index (χ3v) is 23.4. The van der Waals surface area contributed by atoms with E-state index in [1.807, 2.05) is 11.3 Å². The number of furan rings is 1. The molecular weight excluding hydrogens is 1040 g/mol. The molecule has 0 spiro atoms. The highest BCUT2D eigenvalue weighted by molar-refractivity contribution is 7.26. The van der Waals surface area contributed by atoms with Crippen LogP contribution >= 0.6 is 11.3 Å². The van der Waals surface area contributed by atoms with E-state index in [4.69, 9.17) is 4.42 Å².